The summed E-state index contributed by atoms with van der Waals surface area (Å²) in [7, 11) is 0. The Morgan fingerprint density at radius 1 is 0.909 bits per heavy atom. The van der Waals surface area contributed by atoms with Crippen LogP contribution in [0, 0.1) is 5.82 Å². The molecule has 1 atom stereocenters. The van der Waals surface area contributed by atoms with Gasteiger partial charge in [-0.3, -0.25) is 14.4 Å². The number of hydrazine groups is 1. The fourth-order valence-electron chi connectivity index (χ4n) is 7.13. The number of nitrogens with zero attached hydrogens (tertiary/aromatic N) is 1. The Balaban J connectivity index is 0.879. The van der Waals surface area contributed by atoms with Gasteiger partial charge in [-0.1, -0.05) is 61.7 Å². The van der Waals surface area contributed by atoms with Crippen molar-refractivity contribution >= 4 is 35.6 Å². The molecule has 18 heteroatoms. The Hall–Kier alpha value is -6.44. The summed E-state index contributed by atoms with van der Waals surface area (Å²) >= 11 is 0.860. The molecule has 66 heavy (non-hydrogen) atoms. The average Bonchev–Trinajstić information content (AvgIpc) is 3.33. The molecule has 6 N–H and O–H groups in total. The minimum Gasteiger partial charge on any atom is -0.507 e. The highest BCUT2D eigenvalue weighted by Gasteiger charge is 2.29. The highest BCUT2D eigenvalue weighted by Crippen LogP contribution is 2.39. The zero-order valence-corrected chi connectivity index (χ0v) is 37.5. The molecule has 5 aromatic rings. The van der Waals surface area contributed by atoms with Crippen LogP contribution in [0.3, 0.4) is 0 Å². The van der Waals surface area contributed by atoms with Crippen molar-refractivity contribution in [1.82, 2.24) is 21.0 Å². The Bertz CT molecular complexity index is 2390. The number of carbonyl (C=O) groups is 3. The number of hydrogen-bond donors (Lipinski definition) is 6. The molecule has 4 aromatic carbocycles. The van der Waals surface area contributed by atoms with Crippen LogP contribution in [0.1, 0.15) is 72.1 Å². The van der Waals surface area contributed by atoms with E-state index in [9.17, 15) is 23.9 Å². The summed E-state index contributed by atoms with van der Waals surface area (Å²) in [4.78, 5) is 43.2. The molecule has 0 aliphatic carbocycles. The highest BCUT2D eigenvalue weighted by molar-refractivity contribution is 7.94. The van der Waals surface area contributed by atoms with E-state index in [0.717, 1.165) is 45.6 Å². The lowest BCUT2D eigenvalue weighted by Gasteiger charge is -2.28. The van der Waals surface area contributed by atoms with Gasteiger partial charge < -0.3 is 40.1 Å². The number of aromatic hydroxyl groups is 1. The van der Waals surface area contributed by atoms with Crippen LogP contribution in [-0.2, 0) is 49.5 Å². The van der Waals surface area contributed by atoms with Crippen molar-refractivity contribution in [3.8, 4) is 34.1 Å². The lowest BCUT2D eigenvalue weighted by Crippen LogP contribution is -2.41. The molecule has 0 saturated carbocycles. The lowest BCUT2D eigenvalue weighted by atomic mass is 9.96. The zero-order chi connectivity index (χ0) is 46.7. The van der Waals surface area contributed by atoms with E-state index in [1.54, 1.807) is 36.4 Å². The first-order valence-corrected chi connectivity index (χ1v) is 22.5. The summed E-state index contributed by atoms with van der Waals surface area (Å²) in [6.45, 7) is 5.26. The fraction of sp³-hybridized carbons (Fsp3) is 0.333. The number of benzene rings is 4. The van der Waals surface area contributed by atoms with Gasteiger partial charge in [0.2, 0.25) is 0 Å². The van der Waals surface area contributed by atoms with Crippen LogP contribution in [0.4, 0.5) is 10.2 Å². The number of halogens is 1. The third-order valence-electron chi connectivity index (χ3n) is 10.5. The number of phenolic OH excluding ortho intramolecular Hbond substituents is 1. The van der Waals surface area contributed by atoms with Gasteiger partial charge >= 0.3 is 5.97 Å². The molecule has 0 saturated heterocycles. The number of anilines is 1. The van der Waals surface area contributed by atoms with Gasteiger partial charge in [0, 0.05) is 47.8 Å². The number of fused-ring (bicyclic) bond motifs is 1. The van der Waals surface area contributed by atoms with Gasteiger partial charge in [0.05, 0.1) is 43.8 Å². The van der Waals surface area contributed by atoms with E-state index < -0.39 is 12.1 Å². The first kappa shape index (κ1) is 49.0. The van der Waals surface area contributed by atoms with E-state index in [0.29, 0.717) is 91.6 Å². The van der Waals surface area contributed by atoms with Crippen molar-refractivity contribution in [2.75, 3.05) is 38.3 Å². The van der Waals surface area contributed by atoms with Crippen LogP contribution in [-0.4, -0.2) is 72.1 Å². The topological polar surface area (TPSA) is 208 Å². The summed E-state index contributed by atoms with van der Waals surface area (Å²) in [5.41, 5.74) is 11.3. The molecule has 0 fully saturated rings. The first-order valence-electron chi connectivity index (χ1n) is 21.7. The van der Waals surface area contributed by atoms with Crippen LogP contribution in [0.2, 0.25) is 0 Å². The maximum absolute atomic E-state index is 13.5. The first-order chi connectivity index (χ1) is 32.2. The number of phenols is 1. The quantitative estimate of drug-likeness (QED) is 0.0109. The third kappa shape index (κ3) is 14.0. The van der Waals surface area contributed by atoms with E-state index in [1.165, 1.54) is 18.3 Å². The van der Waals surface area contributed by atoms with Crippen molar-refractivity contribution in [2.24, 2.45) is 0 Å². The second-order valence-corrected chi connectivity index (χ2v) is 15.8. The zero-order valence-electron chi connectivity index (χ0n) is 36.7. The Labute approximate surface area is 386 Å². The van der Waals surface area contributed by atoms with Crippen molar-refractivity contribution in [2.45, 2.75) is 76.3 Å². The monoisotopic (exact) mass is 927 g/mol. The second-order valence-electron chi connectivity index (χ2n) is 15.1. The molecular formula is C48H54FN5O11S. The van der Waals surface area contributed by atoms with E-state index in [-0.39, 0.29) is 49.5 Å². The predicted molar refractivity (Wildman–Crippen MR) is 244 cm³/mol. The third-order valence-corrected chi connectivity index (χ3v) is 11.2. The minimum absolute atomic E-state index is 0.0504. The van der Waals surface area contributed by atoms with Crippen molar-refractivity contribution < 1.29 is 57.5 Å². The molecule has 1 unspecified atom stereocenters. The number of amides is 2. The number of hydrogen-bond acceptors (Lipinski definition) is 15. The second kappa shape index (κ2) is 25.3. The number of aryl methyl sites for hydroxylation is 2. The molecule has 350 valence electrons. The van der Waals surface area contributed by atoms with Crippen LogP contribution in [0.15, 0.2) is 96.0 Å². The van der Waals surface area contributed by atoms with E-state index >= 15 is 0 Å². The average molecular weight is 928 g/mol. The molecule has 0 radical (unpaired) electrons. The molecule has 2 heterocycles. The van der Waals surface area contributed by atoms with Gasteiger partial charge in [-0.2, -0.15) is 0 Å². The Morgan fingerprint density at radius 2 is 1.71 bits per heavy atom. The molecular weight excluding hydrogens is 874 g/mol. The van der Waals surface area contributed by atoms with Crippen molar-refractivity contribution in [3.05, 3.63) is 125 Å². The SMILES string of the molecule is CCCc1c(OCCCOc2cc(O)c(-c3ccc(F)cc3)cc2CC)ccc2c1OC(C(=O)NCCC(=O)OCCNC(=O)c1ccc(NNCc3ccccc3SOOO)nc1)CC2. The number of esters is 1. The smallest absolute Gasteiger partial charge is 0.307 e. The summed E-state index contributed by atoms with van der Waals surface area (Å²) in [5, 5.41) is 28.3. The summed E-state index contributed by atoms with van der Waals surface area (Å²) in [6, 6.07) is 23.9. The van der Waals surface area contributed by atoms with Gasteiger partial charge in [-0.15, -0.1) is 4.33 Å². The number of aromatic nitrogens is 1. The van der Waals surface area contributed by atoms with Crippen molar-refractivity contribution in [3.63, 3.8) is 0 Å². The lowest BCUT2D eigenvalue weighted by molar-refractivity contribution is -0.432. The number of rotatable bonds is 25. The molecule has 0 spiro atoms. The fourth-order valence-corrected chi connectivity index (χ4v) is 7.61. The summed E-state index contributed by atoms with van der Waals surface area (Å²) in [6.07, 6.45) is 4.49. The highest BCUT2D eigenvalue weighted by atomic mass is 32.2. The Morgan fingerprint density at radius 3 is 2.47 bits per heavy atom. The number of nitrogens with one attached hydrogen (secondary N) is 4. The van der Waals surface area contributed by atoms with Gasteiger partial charge in [0.1, 0.15) is 41.2 Å². The predicted octanol–water partition coefficient (Wildman–Crippen LogP) is 7.67. The maximum Gasteiger partial charge on any atom is 0.307 e. The standard InChI is InChI=1S/C48H54FN5O11S/c1-3-8-37-40(60-24-7-25-61-42-28-39(55)38(27-31(42)4-2)32-11-16-36(49)17-12-32)18-13-33-14-19-41(63-46(33)37)48(58)50-22-21-45(56)62-26-23-51-47(57)35-15-20-44(52-29-35)54-53-30-34-9-5-6-10-43(34)66-65-64-59/h5-6,9-13,15-18,20,27-29,41,53,55,59H,3-4,7-8,14,19,21-26,30H2,1-2H3,(H,50,58)(H,51,57)(H,52,54). The van der Waals surface area contributed by atoms with E-state index in [1.807, 2.05) is 43.3 Å². The van der Waals surface area contributed by atoms with Crippen LogP contribution < -0.4 is 35.7 Å². The molecule has 16 nitrogen and oxygen atoms in total. The van der Waals surface area contributed by atoms with Crippen LogP contribution in [0.5, 0.6) is 23.0 Å². The van der Waals surface area contributed by atoms with Gasteiger partial charge in [-0.25, -0.2) is 20.1 Å². The number of ether oxygens (including phenoxy) is 4. The molecule has 6 rings (SSSR count). The minimum atomic E-state index is -0.742. The van der Waals surface area contributed by atoms with Gasteiger partial charge in [-0.05, 0) is 90.4 Å². The molecule has 0 bridgehead atoms. The molecule has 1 aromatic heterocycles. The van der Waals surface area contributed by atoms with Crippen LogP contribution in [0.25, 0.3) is 11.1 Å². The summed E-state index contributed by atoms with van der Waals surface area (Å²) in [5.74, 6) is 0.848. The summed E-state index contributed by atoms with van der Waals surface area (Å²) < 4.78 is 41.8. The van der Waals surface area contributed by atoms with Crippen molar-refractivity contribution in [1.29, 1.82) is 0 Å². The van der Waals surface area contributed by atoms with Gasteiger partial charge in [0.25, 0.3) is 11.8 Å². The number of pyridine rings is 1. The van der Waals surface area contributed by atoms with E-state index in [2.05, 4.69) is 42.8 Å². The van der Waals surface area contributed by atoms with E-state index in [4.69, 9.17) is 24.2 Å². The molecule has 1 aliphatic heterocycles. The normalized spacial score (nSPS) is 12.9. The molecule has 1 aliphatic rings. The molecule has 2 amide bonds. The van der Waals surface area contributed by atoms with Crippen LogP contribution >= 0.6 is 12.0 Å². The Kier molecular flexibility index (Phi) is 18.8. The van der Waals surface area contributed by atoms with Gasteiger partial charge in [0.15, 0.2) is 6.10 Å². The number of carbonyl (C=O) groups excluding carboxylic acids is 3. The maximum atomic E-state index is 13.5. The largest absolute Gasteiger partial charge is 0.507 e.